The molecule has 0 aliphatic carbocycles. The van der Waals surface area contributed by atoms with Gasteiger partial charge in [0.15, 0.2) is 5.16 Å². The number of benzene rings is 1. The van der Waals surface area contributed by atoms with Crippen LogP contribution in [0.15, 0.2) is 34.2 Å². The Bertz CT molecular complexity index is 743. The molecule has 0 amide bonds. The van der Waals surface area contributed by atoms with Crippen LogP contribution in [0.1, 0.15) is 23.7 Å². The predicted molar refractivity (Wildman–Crippen MR) is 84.0 cm³/mol. The first kappa shape index (κ1) is 16.2. The highest BCUT2D eigenvalue weighted by Crippen LogP contribution is 2.21. The van der Waals surface area contributed by atoms with Crippen LogP contribution in [-0.4, -0.2) is 25.8 Å². The van der Waals surface area contributed by atoms with Crippen LogP contribution < -0.4 is 5.56 Å². The minimum Gasteiger partial charge on any atom is -0.480 e. The van der Waals surface area contributed by atoms with E-state index in [0.29, 0.717) is 17.3 Å². The third-order valence-corrected chi connectivity index (χ3v) is 4.16. The molecule has 22 heavy (non-hydrogen) atoms. The Morgan fingerprint density at radius 2 is 2.09 bits per heavy atom. The van der Waals surface area contributed by atoms with Gasteiger partial charge in [-0.2, -0.15) is 10.1 Å². The number of nitrogens with zero attached hydrogens (tertiary/aromatic N) is 3. The predicted octanol–water partition coefficient (Wildman–Crippen LogP) is 1.89. The van der Waals surface area contributed by atoms with Gasteiger partial charge in [0.2, 0.25) is 0 Å². The largest absolute Gasteiger partial charge is 0.480 e. The Hall–Kier alpha value is -2.15. The molecule has 1 aromatic heterocycles. The van der Waals surface area contributed by atoms with Crippen LogP contribution >= 0.6 is 11.8 Å². The zero-order chi connectivity index (χ0) is 16.1. The Morgan fingerprint density at radius 3 is 2.73 bits per heavy atom. The summed E-state index contributed by atoms with van der Waals surface area (Å²) in [5.74, 6) is -0.413. The molecule has 0 aliphatic heterocycles. The summed E-state index contributed by atoms with van der Waals surface area (Å²) in [4.78, 5) is 26.8. The summed E-state index contributed by atoms with van der Waals surface area (Å²) in [6, 6.07) is 7.90. The topological polar surface area (TPSA) is 85.1 Å². The fourth-order valence-electron chi connectivity index (χ4n) is 1.91. The summed E-state index contributed by atoms with van der Waals surface area (Å²) < 4.78 is 1.28. The number of hydrogen-bond donors (Lipinski definition) is 1. The highest BCUT2D eigenvalue weighted by atomic mass is 32.2. The molecule has 0 bridgehead atoms. The van der Waals surface area contributed by atoms with Gasteiger partial charge in [-0.05, 0) is 24.5 Å². The maximum Gasteiger partial charge on any atom is 0.325 e. The van der Waals surface area contributed by atoms with Crippen LogP contribution in [0, 0.1) is 6.92 Å². The Kier molecular flexibility index (Phi) is 5.32. The molecule has 1 N–H and O–H groups in total. The number of hydrogen-bond acceptors (Lipinski definition) is 5. The van der Waals surface area contributed by atoms with Gasteiger partial charge in [0.05, 0.1) is 0 Å². The molecule has 7 heteroatoms. The SMILES string of the molecule is CCc1nn(CC(=O)O)c(SCc2ccccc2C)nc1=O. The van der Waals surface area contributed by atoms with E-state index in [1.54, 1.807) is 6.92 Å². The van der Waals surface area contributed by atoms with E-state index in [1.807, 2.05) is 31.2 Å². The van der Waals surface area contributed by atoms with Crippen LogP contribution in [-0.2, 0) is 23.5 Å². The zero-order valence-electron chi connectivity index (χ0n) is 12.4. The van der Waals surface area contributed by atoms with Crippen molar-refractivity contribution in [3.63, 3.8) is 0 Å². The van der Waals surface area contributed by atoms with Crippen molar-refractivity contribution in [2.45, 2.75) is 37.7 Å². The molecular weight excluding hydrogens is 302 g/mol. The van der Waals surface area contributed by atoms with Crippen LogP contribution in [0.3, 0.4) is 0 Å². The molecule has 0 radical (unpaired) electrons. The van der Waals surface area contributed by atoms with Gasteiger partial charge in [-0.1, -0.05) is 43.0 Å². The van der Waals surface area contributed by atoms with Crippen LogP contribution in [0.25, 0.3) is 0 Å². The van der Waals surface area contributed by atoms with Crippen molar-refractivity contribution >= 4 is 17.7 Å². The molecule has 0 saturated carbocycles. The van der Waals surface area contributed by atoms with Gasteiger partial charge in [0.1, 0.15) is 12.2 Å². The molecule has 0 aliphatic rings. The van der Waals surface area contributed by atoms with Gasteiger partial charge >= 0.3 is 5.97 Å². The van der Waals surface area contributed by atoms with E-state index in [0.717, 1.165) is 11.1 Å². The van der Waals surface area contributed by atoms with Crippen molar-refractivity contribution in [3.8, 4) is 0 Å². The lowest BCUT2D eigenvalue weighted by molar-refractivity contribution is -0.138. The van der Waals surface area contributed by atoms with Gasteiger partial charge < -0.3 is 5.11 Å². The maximum atomic E-state index is 11.8. The first-order valence-corrected chi connectivity index (χ1v) is 7.87. The number of rotatable bonds is 6. The standard InChI is InChI=1S/C15H17N3O3S/c1-3-12-14(21)16-15(18(17-12)8-13(19)20)22-9-11-7-5-4-6-10(11)2/h4-7H,3,8-9H2,1-2H3,(H,19,20). The van der Waals surface area contributed by atoms with Crippen LogP contribution in [0.5, 0.6) is 0 Å². The average molecular weight is 319 g/mol. The molecule has 0 fully saturated rings. The smallest absolute Gasteiger partial charge is 0.325 e. The van der Waals surface area contributed by atoms with Gasteiger partial charge in [0, 0.05) is 5.75 Å². The first-order chi connectivity index (χ1) is 10.5. The van der Waals surface area contributed by atoms with E-state index in [2.05, 4.69) is 10.1 Å². The minimum absolute atomic E-state index is 0.279. The lowest BCUT2D eigenvalue weighted by Crippen LogP contribution is -2.25. The normalized spacial score (nSPS) is 10.6. The molecule has 0 spiro atoms. The molecule has 1 heterocycles. The molecule has 2 rings (SSSR count). The molecule has 6 nitrogen and oxygen atoms in total. The highest BCUT2D eigenvalue weighted by Gasteiger charge is 2.13. The fraction of sp³-hybridized carbons (Fsp3) is 0.333. The molecule has 0 unspecified atom stereocenters. The van der Waals surface area contributed by atoms with Crippen molar-refractivity contribution in [2.24, 2.45) is 0 Å². The fourth-order valence-corrected chi connectivity index (χ4v) is 2.92. The Balaban J connectivity index is 2.29. The average Bonchev–Trinajstić information content (AvgIpc) is 2.48. The Morgan fingerprint density at radius 1 is 1.36 bits per heavy atom. The summed E-state index contributed by atoms with van der Waals surface area (Å²) in [6.07, 6.45) is 0.425. The highest BCUT2D eigenvalue weighted by molar-refractivity contribution is 7.98. The van der Waals surface area contributed by atoms with Crippen molar-refractivity contribution in [1.29, 1.82) is 0 Å². The van der Waals surface area contributed by atoms with E-state index >= 15 is 0 Å². The van der Waals surface area contributed by atoms with Crippen molar-refractivity contribution < 1.29 is 9.90 Å². The van der Waals surface area contributed by atoms with E-state index in [1.165, 1.54) is 16.4 Å². The molecular formula is C15H17N3O3S. The number of thioether (sulfide) groups is 1. The zero-order valence-corrected chi connectivity index (χ0v) is 13.3. The van der Waals surface area contributed by atoms with Gasteiger partial charge in [-0.15, -0.1) is 0 Å². The molecule has 1 aromatic carbocycles. The van der Waals surface area contributed by atoms with Crippen molar-refractivity contribution in [1.82, 2.24) is 14.8 Å². The molecule has 0 atom stereocenters. The maximum absolute atomic E-state index is 11.8. The van der Waals surface area contributed by atoms with Gasteiger partial charge in [0.25, 0.3) is 5.56 Å². The quantitative estimate of drug-likeness (QED) is 0.818. The summed E-state index contributed by atoms with van der Waals surface area (Å²) in [5, 5.41) is 13.4. The van der Waals surface area contributed by atoms with Crippen LogP contribution in [0.2, 0.25) is 0 Å². The number of aromatic nitrogens is 3. The molecule has 0 saturated heterocycles. The second kappa shape index (κ2) is 7.22. The molecule has 116 valence electrons. The van der Waals surface area contributed by atoms with E-state index < -0.39 is 11.5 Å². The Labute approximate surface area is 132 Å². The second-order valence-corrected chi connectivity index (χ2v) is 5.71. The van der Waals surface area contributed by atoms with E-state index in [-0.39, 0.29) is 12.2 Å². The second-order valence-electron chi connectivity index (χ2n) is 4.77. The summed E-state index contributed by atoms with van der Waals surface area (Å²) >= 11 is 1.32. The first-order valence-electron chi connectivity index (χ1n) is 6.88. The molecule has 2 aromatic rings. The summed E-state index contributed by atoms with van der Waals surface area (Å²) in [7, 11) is 0. The number of carboxylic acids is 1. The number of aliphatic carboxylic acids is 1. The lowest BCUT2D eigenvalue weighted by Gasteiger charge is -2.10. The van der Waals surface area contributed by atoms with E-state index in [4.69, 9.17) is 5.11 Å². The summed E-state index contributed by atoms with van der Waals surface area (Å²) in [6.45, 7) is 3.49. The third kappa shape index (κ3) is 3.94. The van der Waals surface area contributed by atoms with Crippen LogP contribution in [0.4, 0.5) is 0 Å². The summed E-state index contributed by atoms with van der Waals surface area (Å²) in [5.41, 5.74) is 2.14. The monoisotopic (exact) mass is 319 g/mol. The number of aryl methyl sites for hydroxylation is 2. The number of carbonyl (C=O) groups is 1. The van der Waals surface area contributed by atoms with Crippen molar-refractivity contribution in [3.05, 3.63) is 51.4 Å². The van der Waals surface area contributed by atoms with Crippen molar-refractivity contribution in [2.75, 3.05) is 0 Å². The van der Waals surface area contributed by atoms with Gasteiger partial charge in [-0.3, -0.25) is 9.59 Å². The third-order valence-electron chi connectivity index (χ3n) is 3.14. The van der Waals surface area contributed by atoms with E-state index in [9.17, 15) is 9.59 Å². The lowest BCUT2D eigenvalue weighted by atomic mass is 10.1. The number of carboxylic acid groups (broad SMARTS) is 1. The van der Waals surface area contributed by atoms with Gasteiger partial charge in [-0.25, -0.2) is 4.68 Å². The minimum atomic E-state index is -1.02.